The second kappa shape index (κ2) is 51.1. The lowest BCUT2D eigenvalue weighted by Gasteiger charge is -2.41. The van der Waals surface area contributed by atoms with Crippen molar-refractivity contribution in [2.45, 2.75) is 179 Å². The number of likely N-dealkylation sites (tertiary alicyclic amines) is 1. The Labute approximate surface area is 609 Å². The van der Waals surface area contributed by atoms with Gasteiger partial charge >= 0.3 is 5.97 Å². The molecule has 1 aliphatic rings. The molecule has 1 fully saturated rings. The second-order valence-electron chi connectivity index (χ2n) is 26.1. The summed E-state index contributed by atoms with van der Waals surface area (Å²) in [4.78, 5) is 160. The third-order valence-electron chi connectivity index (χ3n) is 17.6. The van der Waals surface area contributed by atoms with Gasteiger partial charge in [0, 0.05) is 79.4 Å². The van der Waals surface area contributed by atoms with Crippen LogP contribution in [0.4, 0.5) is 0 Å². The molecule has 103 heavy (non-hydrogen) atoms. The van der Waals surface area contributed by atoms with Gasteiger partial charge in [-0.3, -0.25) is 52.7 Å². The number of likely N-dealkylation sites (N-methyl/N-ethyl adjacent to an activating group) is 2. The van der Waals surface area contributed by atoms with Crippen LogP contribution in [0, 0.1) is 23.7 Å². The Morgan fingerprint density at radius 2 is 1.24 bits per heavy atom. The number of methoxy groups -OCH3 is 2. The second-order valence-corrected chi connectivity index (χ2v) is 27.4. The monoisotopic (exact) mass is 1480 g/mol. The number of carboxylic acid groups (broad SMARTS) is 1. The van der Waals surface area contributed by atoms with Gasteiger partial charge in [0.15, 0.2) is 6.29 Å². The van der Waals surface area contributed by atoms with E-state index in [-0.39, 0.29) is 147 Å². The molecule has 2 unspecified atom stereocenters. The van der Waals surface area contributed by atoms with Crippen molar-refractivity contribution in [3.05, 3.63) is 35.9 Å². The van der Waals surface area contributed by atoms with E-state index in [1.165, 1.54) is 31.1 Å². The van der Waals surface area contributed by atoms with E-state index in [1.54, 1.807) is 70.8 Å². The number of carbonyl (C=O) groups excluding carboxylic acids is 11. The van der Waals surface area contributed by atoms with Gasteiger partial charge in [-0.2, -0.15) is 11.8 Å². The van der Waals surface area contributed by atoms with Crippen molar-refractivity contribution in [2.24, 2.45) is 35.1 Å². The third-order valence-corrected chi connectivity index (χ3v) is 19.0. The van der Waals surface area contributed by atoms with E-state index in [1.807, 2.05) is 19.9 Å². The fourth-order valence-electron chi connectivity index (χ4n) is 11.6. The van der Waals surface area contributed by atoms with Gasteiger partial charge in [0.25, 0.3) is 0 Å². The highest BCUT2D eigenvalue weighted by Gasteiger charge is 2.44. The number of hydrogen-bond donors (Lipinski definition) is 12. The number of unbranched alkanes of at least 4 members (excludes halogenated alkanes) is 2. The predicted octanol–water partition coefficient (Wildman–Crippen LogP) is -1.44. The van der Waals surface area contributed by atoms with Crippen molar-refractivity contribution in [2.75, 3.05) is 126 Å². The number of benzene rings is 1. The Bertz CT molecular complexity index is 2780. The third kappa shape index (κ3) is 35.0. The summed E-state index contributed by atoms with van der Waals surface area (Å²) < 4.78 is 33.7. The summed E-state index contributed by atoms with van der Waals surface area (Å²) in [7, 11) is 6.09. The van der Waals surface area contributed by atoms with E-state index in [0.717, 1.165) is 17.3 Å². The molecular formula is C69H118N12O21S. The number of aliphatic carboxylic acids is 1. The number of nitrogens with one attached hydrogen (secondary N) is 7. The summed E-state index contributed by atoms with van der Waals surface area (Å²) in [6.45, 7) is 14.4. The summed E-state index contributed by atoms with van der Waals surface area (Å²) in [5.41, 5.74) is 11.4. The number of carbonyl (C=O) groups is 12. The first-order chi connectivity index (χ1) is 48.9. The van der Waals surface area contributed by atoms with E-state index in [9.17, 15) is 72.9 Å². The van der Waals surface area contributed by atoms with Gasteiger partial charge < -0.3 is 107 Å². The van der Waals surface area contributed by atoms with Crippen molar-refractivity contribution in [1.82, 2.24) is 51.9 Å². The molecule has 0 aromatic heterocycles. The molecule has 2 rings (SSSR count). The number of amides is 11. The maximum atomic E-state index is 14.8. The summed E-state index contributed by atoms with van der Waals surface area (Å²) in [6, 6.07) is 3.41. The van der Waals surface area contributed by atoms with Crippen LogP contribution in [0.5, 0.6) is 0 Å². The number of nitrogens with two attached hydrogens (primary N) is 2. The first-order valence-electron chi connectivity index (χ1n) is 35.3. The first kappa shape index (κ1) is 91.9. The van der Waals surface area contributed by atoms with E-state index >= 15 is 0 Å². The minimum Gasteiger partial charge on any atom is -0.480 e. The average molecular weight is 1480 g/mol. The number of primary amides is 1. The van der Waals surface area contributed by atoms with Gasteiger partial charge in [-0.25, -0.2) is 4.79 Å². The standard InChI is InChI=1S/C69H118N12O21S/c1-12-45(6)62(51(97-10)37-59(88)81-27-19-22-50(81)63(98-11)46(7)65(90)77-48(68(93)94)36-47-20-15-13-16-21-47)80(9)67(92)60(43(2)3)78-66(91)61(44(4)5)79(8)58(87)23-17-14-18-25-72-54(83)38-52(69(95)96)103-42-49(64(71)89)76-53(82)24-28-99-30-32-101-34-35-102-33-31-100-29-26-73-56(85)40-75-57(86)41-74-55(84)39-70/h13,15-16,20-21,43-46,48-52,60-63,69,95-96H,12,14,17-19,22-42,70H2,1-11H3,(H2,71,89)(H,72,83)(H,73,85)(H,74,84)(H,75,86)(H,76,82)(H,77,90)(H,78,91)(H,93,94)/t45-,46+,48-,49?,50-,51+,52?,60-,61-,62-,63+/m0/s1. The highest BCUT2D eigenvalue weighted by atomic mass is 32.2. The molecule has 1 aliphatic heterocycles. The number of nitrogens with zero attached hydrogens (tertiary/aromatic N) is 3. The van der Waals surface area contributed by atoms with Gasteiger partial charge in [-0.15, -0.1) is 0 Å². The molecule has 34 heteroatoms. The van der Waals surface area contributed by atoms with Crippen molar-refractivity contribution in [3.63, 3.8) is 0 Å². The average Bonchev–Trinajstić information content (AvgIpc) is 1.80. The lowest BCUT2D eigenvalue weighted by atomic mass is 9.89. The molecule has 14 N–H and O–H groups in total. The molecule has 1 heterocycles. The normalized spacial score (nSPS) is 15.9. The van der Waals surface area contributed by atoms with Crippen molar-refractivity contribution < 1.29 is 101 Å². The van der Waals surface area contributed by atoms with Crippen LogP contribution in [-0.4, -0.2) is 287 Å². The number of thioether (sulfide) groups is 1. The van der Waals surface area contributed by atoms with Gasteiger partial charge in [0.2, 0.25) is 65.0 Å². The largest absolute Gasteiger partial charge is 0.480 e. The topological polar surface area (TPSA) is 467 Å². The van der Waals surface area contributed by atoms with E-state index < -0.39 is 131 Å². The first-order valence-corrected chi connectivity index (χ1v) is 36.4. The lowest BCUT2D eigenvalue weighted by Crippen LogP contribution is -2.60. The van der Waals surface area contributed by atoms with Crippen LogP contribution in [0.2, 0.25) is 0 Å². The van der Waals surface area contributed by atoms with Gasteiger partial charge in [-0.05, 0) is 49.0 Å². The van der Waals surface area contributed by atoms with Crippen LogP contribution in [-0.2, 0) is 92.4 Å². The fraction of sp³-hybridized carbons (Fsp3) is 0.739. The predicted molar refractivity (Wildman–Crippen MR) is 382 cm³/mol. The SMILES string of the molecule is CC[C@H](C)[C@@H]([C@@H](CC(=O)N1CCC[C@H]1[C@H](OC)[C@@H](C)C(=O)N[C@@H](Cc1ccccc1)C(=O)O)OC)N(C)C(=O)[C@@H](NC(=O)[C@H](C(C)C)N(C)C(=O)CCCCCNC(=O)CC(SCC(NC(=O)CCOCCOCCOCCOCCNC(=O)CNC(=O)CNC(=O)CN)C(N)=O)C(O)O)C(C)C. The molecule has 0 spiro atoms. The molecule has 33 nitrogen and oxygen atoms in total. The molecule has 586 valence electrons. The maximum absolute atomic E-state index is 14.8. The van der Waals surface area contributed by atoms with Crippen LogP contribution in [0.1, 0.15) is 118 Å². The van der Waals surface area contributed by atoms with Crippen LogP contribution < -0.4 is 48.7 Å². The van der Waals surface area contributed by atoms with Crippen molar-refractivity contribution in [3.8, 4) is 0 Å². The smallest absolute Gasteiger partial charge is 0.326 e. The minimum atomic E-state index is -1.96. The van der Waals surface area contributed by atoms with Gasteiger partial charge in [0.05, 0.1) is 114 Å². The molecule has 11 amide bonds. The highest BCUT2D eigenvalue weighted by Crippen LogP contribution is 2.30. The summed E-state index contributed by atoms with van der Waals surface area (Å²) in [5.74, 6) is -8.63. The summed E-state index contributed by atoms with van der Waals surface area (Å²) in [6.07, 6.45) is -0.847. The molecule has 1 aromatic carbocycles. The number of rotatable bonds is 55. The van der Waals surface area contributed by atoms with Gasteiger partial charge in [0.1, 0.15) is 24.2 Å². The quantitative estimate of drug-likeness (QED) is 0.0262. The van der Waals surface area contributed by atoms with Crippen molar-refractivity contribution >= 4 is 82.7 Å². The van der Waals surface area contributed by atoms with E-state index in [0.29, 0.717) is 45.1 Å². The zero-order valence-corrected chi connectivity index (χ0v) is 62.8. The van der Waals surface area contributed by atoms with E-state index in [2.05, 4.69) is 37.2 Å². The Hall–Kier alpha value is -7.15. The Morgan fingerprint density at radius 1 is 0.650 bits per heavy atom. The molecular weight excluding hydrogens is 1360 g/mol. The highest BCUT2D eigenvalue weighted by molar-refractivity contribution is 8.00. The van der Waals surface area contributed by atoms with Crippen molar-refractivity contribution in [1.29, 1.82) is 0 Å². The maximum Gasteiger partial charge on any atom is 0.326 e. The van der Waals surface area contributed by atoms with Crippen LogP contribution >= 0.6 is 11.8 Å². The van der Waals surface area contributed by atoms with Crippen LogP contribution in [0.3, 0.4) is 0 Å². The lowest BCUT2D eigenvalue weighted by molar-refractivity contribution is -0.149. The Balaban J connectivity index is 1.82. The molecule has 0 saturated carbocycles. The Kier molecular flexibility index (Phi) is 45.6. The molecule has 0 radical (unpaired) electrons. The van der Waals surface area contributed by atoms with Crippen LogP contribution in [0.15, 0.2) is 30.3 Å². The molecule has 11 atom stereocenters. The number of carboxylic acids is 1. The zero-order valence-electron chi connectivity index (χ0n) is 61.9. The molecule has 0 aliphatic carbocycles. The fourth-order valence-corrected chi connectivity index (χ4v) is 12.8. The zero-order chi connectivity index (χ0) is 77.1. The number of aliphatic hydroxyl groups excluding tert-OH is 1. The molecule has 1 saturated heterocycles. The molecule has 1 aromatic rings. The minimum absolute atomic E-state index is 0.00494. The number of hydrogen-bond acceptors (Lipinski definition) is 22. The summed E-state index contributed by atoms with van der Waals surface area (Å²) in [5, 5.41) is 47.2. The summed E-state index contributed by atoms with van der Waals surface area (Å²) >= 11 is 0.867. The van der Waals surface area contributed by atoms with E-state index in [4.69, 9.17) is 39.9 Å². The number of ether oxygens (including phenoxy) is 6. The molecule has 0 bridgehead atoms. The number of aliphatic hydroxyl groups is 2. The van der Waals surface area contributed by atoms with Gasteiger partial charge in [-0.1, -0.05) is 91.6 Å². The Morgan fingerprint density at radius 3 is 1.80 bits per heavy atom. The van der Waals surface area contributed by atoms with Crippen LogP contribution in [0.25, 0.3) is 0 Å².